The molecule has 4 nitrogen and oxygen atoms in total. The van der Waals surface area contributed by atoms with E-state index in [2.05, 4.69) is 47.9 Å². The average molecular weight is 377 g/mol. The molecule has 0 fully saturated rings. The zero-order valence-corrected chi connectivity index (χ0v) is 17.7. The minimum Gasteiger partial charge on any atom is -0.340 e. The molecule has 0 saturated carbocycles. The number of aliphatic imine (C=N–C) groups is 1. The maximum Gasteiger partial charge on any atom is 0.142 e. The zero-order chi connectivity index (χ0) is 20.8. The third-order valence-electron chi connectivity index (χ3n) is 3.66. The Morgan fingerprint density at radius 3 is 2.61 bits per heavy atom. The molecule has 4 heteroatoms. The number of hydrogen-bond acceptors (Lipinski definition) is 3. The van der Waals surface area contributed by atoms with Crippen molar-refractivity contribution in [3.8, 4) is 0 Å². The summed E-state index contributed by atoms with van der Waals surface area (Å²) in [6, 6.07) is 0. The average Bonchev–Trinajstić information content (AvgIpc) is 3.05. The van der Waals surface area contributed by atoms with E-state index in [-0.39, 0.29) is 0 Å². The minimum atomic E-state index is 0.830. The number of aromatic nitrogens is 2. The largest absolute Gasteiger partial charge is 0.340 e. The molecular formula is C24H32N4. The van der Waals surface area contributed by atoms with Crippen LogP contribution < -0.4 is 5.32 Å². The second kappa shape index (κ2) is 13.1. The molecule has 1 aromatic heterocycles. The van der Waals surface area contributed by atoms with Gasteiger partial charge in [-0.3, -0.25) is 9.56 Å². The predicted molar refractivity (Wildman–Crippen MR) is 125 cm³/mol. The van der Waals surface area contributed by atoms with Gasteiger partial charge in [0.05, 0.1) is 0 Å². The van der Waals surface area contributed by atoms with Crippen LogP contribution in [0.1, 0.15) is 46.7 Å². The summed E-state index contributed by atoms with van der Waals surface area (Å²) < 4.78 is 1.91. The van der Waals surface area contributed by atoms with E-state index in [4.69, 9.17) is 0 Å². The van der Waals surface area contributed by atoms with Gasteiger partial charge >= 0.3 is 0 Å². The topological polar surface area (TPSA) is 42.2 Å². The van der Waals surface area contributed by atoms with Crippen molar-refractivity contribution in [2.24, 2.45) is 4.99 Å². The zero-order valence-electron chi connectivity index (χ0n) is 17.7. The molecule has 0 spiro atoms. The monoisotopic (exact) mass is 376 g/mol. The van der Waals surface area contributed by atoms with Crippen LogP contribution in [0.2, 0.25) is 0 Å². The minimum absolute atomic E-state index is 0.830. The van der Waals surface area contributed by atoms with Crippen LogP contribution >= 0.6 is 0 Å². The fraction of sp³-hybridized carbons (Fsp3) is 0.250. The first-order valence-corrected chi connectivity index (χ1v) is 9.50. The van der Waals surface area contributed by atoms with Gasteiger partial charge in [0.1, 0.15) is 17.8 Å². The number of imidazole rings is 1. The van der Waals surface area contributed by atoms with Crippen LogP contribution in [0.5, 0.6) is 0 Å². The number of rotatable bonds is 10. The molecule has 0 aliphatic heterocycles. The van der Waals surface area contributed by atoms with Gasteiger partial charge in [-0.05, 0) is 52.3 Å². The van der Waals surface area contributed by atoms with E-state index in [1.165, 1.54) is 0 Å². The molecular weight excluding hydrogens is 344 g/mol. The number of hydrogen-bond donors (Lipinski definition) is 1. The van der Waals surface area contributed by atoms with Crippen LogP contribution in [0.25, 0.3) is 12.3 Å². The Kier molecular flexibility index (Phi) is 10.7. The van der Waals surface area contributed by atoms with Crippen LogP contribution in [0.3, 0.4) is 0 Å². The Morgan fingerprint density at radius 1 is 1.21 bits per heavy atom. The number of allylic oxidation sites excluding steroid dienone is 9. The van der Waals surface area contributed by atoms with Crippen LogP contribution in [-0.4, -0.2) is 15.3 Å². The smallest absolute Gasteiger partial charge is 0.142 e. The van der Waals surface area contributed by atoms with Crippen LogP contribution in [0.4, 0.5) is 5.82 Å². The highest BCUT2D eigenvalue weighted by molar-refractivity contribution is 5.80. The van der Waals surface area contributed by atoms with E-state index in [1.807, 2.05) is 68.0 Å². The quantitative estimate of drug-likeness (QED) is 0.361. The second-order valence-corrected chi connectivity index (χ2v) is 6.30. The Morgan fingerprint density at radius 2 is 1.96 bits per heavy atom. The van der Waals surface area contributed by atoms with Crippen molar-refractivity contribution in [3.05, 3.63) is 84.7 Å². The molecule has 1 heterocycles. The third kappa shape index (κ3) is 8.49. The van der Waals surface area contributed by atoms with Gasteiger partial charge in [0.25, 0.3) is 0 Å². The molecule has 148 valence electrons. The van der Waals surface area contributed by atoms with Crippen molar-refractivity contribution in [2.45, 2.75) is 41.0 Å². The maximum absolute atomic E-state index is 4.52. The van der Waals surface area contributed by atoms with Crippen molar-refractivity contribution >= 4 is 23.8 Å². The van der Waals surface area contributed by atoms with Crippen molar-refractivity contribution in [1.82, 2.24) is 9.55 Å². The third-order valence-corrected chi connectivity index (χ3v) is 3.66. The summed E-state index contributed by atoms with van der Waals surface area (Å²) in [6.45, 7) is 14.0. The second-order valence-electron chi connectivity index (χ2n) is 6.30. The van der Waals surface area contributed by atoms with E-state index in [0.717, 1.165) is 34.9 Å². The first-order chi connectivity index (χ1) is 13.5. The summed E-state index contributed by atoms with van der Waals surface area (Å²) in [6.07, 6.45) is 24.4. The highest BCUT2D eigenvalue weighted by atomic mass is 15.2. The SMILES string of the molecule is C=C/C(=C\C(C)=C/C)Nc1c(/C=C/C=C\C=C/CC)ncn1/C=C\N=C(C)C. The molecule has 1 N–H and O–H groups in total. The molecule has 0 radical (unpaired) electrons. The molecule has 0 amide bonds. The van der Waals surface area contributed by atoms with Crippen LogP contribution in [-0.2, 0) is 0 Å². The molecule has 0 aromatic carbocycles. The first-order valence-electron chi connectivity index (χ1n) is 9.50. The standard InChI is InChI=1S/C24H32N4/c1-7-10-11-12-13-14-15-23-24(27-22(9-3)18-21(6)8-2)28(19-26-23)17-16-25-20(4)5/h8-19,27H,3,7H2,1-2,4-6H3/b11-10-,13-12-,15-14+,17-16-,21-8-,22-18+. The van der Waals surface area contributed by atoms with E-state index in [0.29, 0.717) is 0 Å². The summed E-state index contributed by atoms with van der Waals surface area (Å²) >= 11 is 0. The Hall–Kier alpha value is -3.14. The Labute approximate surface area is 169 Å². The lowest BCUT2D eigenvalue weighted by Crippen LogP contribution is -2.03. The van der Waals surface area contributed by atoms with Gasteiger partial charge in [-0.2, -0.15) is 0 Å². The molecule has 1 aromatic rings. The highest BCUT2D eigenvalue weighted by Gasteiger charge is 2.08. The van der Waals surface area contributed by atoms with Crippen molar-refractivity contribution in [3.63, 3.8) is 0 Å². The van der Waals surface area contributed by atoms with Crippen molar-refractivity contribution in [2.75, 3.05) is 5.32 Å². The lowest BCUT2D eigenvalue weighted by Gasteiger charge is -2.10. The number of nitrogens with one attached hydrogen (secondary N) is 1. The van der Waals surface area contributed by atoms with Crippen LogP contribution in [0.15, 0.2) is 84.0 Å². The van der Waals surface area contributed by atoms with Crippen molar-refractivity contribution in [1.29, 1.82) is 0 Å². The van der Waals surface area contributed by atoms with Gasteiger partial charge in [-0.1, -0.05) is 55.5 Å². The fourth-order valence-corrected chi connectivity index (χ4v) is 2.09. The Balaban J connectivity index is 3.22. The van der Waals surface area contributed by atoms with E-state index in [9.17, 15) is 0 Å². The fourth-order valence-electron chi connectivity index (χ4n) is 2.09. The lowest BCUT2D eigenvalue weighted by atomic mass is 10.2. The van der Waals surface area contributed by atoms with Gasteiger partial charge in [0.15, 0.2) is 0 Å². The van der Waals surface area contributed by atoms with Gasteiger partial charge in [-0.25, -0.2) is 4.98 Å². The molecule has 28 heavy (non-hydrogen) atoms. The van der Waals surface area contributed by atoms with E-state index in [1.54, 1.807) is 18.6 Å². The van der Waals surface area contributed by atoms with Gasteiger partial charge in [-0.15, -0.1) is 0 Å². The van der Waals surface area contributed by atoms with Gasteiger partial charge < -0.3 is 5.32 Å². The van der Waals surface area contributed by atoms with Gasteiger partial charge in [0.2, 0.25) is 0 Å². The summed E-state index contributed by atoms with van der Waals surface area (Å²) in [5.41, 5.74) is 3.87. The molecule has 1 rings (SSSR count). The van der Waals surface area contributed by atoms with E-state index >= 15 is 0 Å². The van der Waals surface area contributed by atoms with E-state index < -0.39 is 0 Å². The number of anilines is 1. The van der Waals surface area contributed by atoms with Crippen molar-refractivity contribution < 1.29 is 0 Å². The number of nitrogens with zero attached hydrogens (tertiary/aromatic N) is 3. The first kappa shape index (κ1) is 22.9. The summed E-state index contributed by atoms with van der Waals surface area (Å²) in [5, 5.41) is 3.42. The summed E-state index contributed by atoms with van der Waals surface area (Å²) in [4.78, 5) is 8.83. The molecule has 0 atom stereocenters. The molecule has 0 saturated heterocycles. The predicted octanol–water partition coefficient (Wildman–Crippen LogP) is 6.78. The highest BCUT2D eigenvalue weighted by Crippen LogP contribution is 2.20. The molecule has 0 bridgehead atoms. The molecule has 0 aliphatic rings. The Bertz CT molecular complexity index is 836. The molecule has 0 unspecified atom stereocenters. The summed E-state index contributed by atoms with van der Waals surface area (Å²) in [7, 11) is 0. The lowest BCUT2D eigenvalue weighted by molar-refractivity contribution is 1.13. The summed E-state index contributed by atoms with van der Waals surface area (Å²) in [5.74, 6) is 0.851. The van der Waals surface area contributed by atoms with Gasteiger partial charge in [0, 0.05) is 23.8 Å². The molecule has 0 aliphatic carbocycles. The maximum atomic E-state index is 4.52. The van der Waals surface area contributed by atoms with Crippen LogP contribution in [0, 0.1) is 0 Å². The normalized spacial score (nSPS) is 13.3.